The van der Waals surface area contributed by atoms with E-state index in [1.54, 1.807) is 0 Å². The van der Waals surface area contributed by atoms with Crippen LogP contribution in [0.2, 0.25) is 0 Å². The predicted molar refractivity (Wildman–Crippen MR) is 80.2 cm³/mol. The maximum atomic E-state index is 6.01. The van der Waals surface area contributed by atoms with Crippen LogP contribution in [0.4, 0.5) is 11.4 Å². The Bertz CT molecular complexity index is 577. The SMILES string of the molecule is Cc1cc2c(NC3CCSC3)ccc(N)c2cn1. The van der Waals surface area contributed by atoms with Gasteiger partial charge in [0, 0.05) is 45.8 Å². The molecule has 1 saturated heterocycles. The molecule has 18 heavy (non-hydrogen) atoms. The van der Waals surface area contributed by atoms with E-state index in [1.165, 1.54) is 29.0 Å². The second kappa shape index (κ2) is 4.69. The minimum absolute atomic E-state index is 0.579. The van der Waals surface area contributed by atoms with E-state index >= 15 is 0 Å². The molecule has 0 aliphatic carbocycles. The van der Waals surface area contributed by atoms with Gasteiger partial charge >= 0.3 is 0 Å². The van der Waals surface area contributed by atoms with E-state index in [9.17, 15) is 0 Å². The van der Waals surface area contributed by atoms with E-state index in [1.807, 2.05) is 30.9 Å². The van der Waals surface area contributed by atoms with Gasteiger partial charge in [0.1, 0.15) is 0 Å². The molecule has 94 valence electrons. The molecule has 1 fully saturated rings. The number of anilines is 2. The third-order valence-electron chi connectivity index (χ3n) is 3.36. The lowest BCUT2D eigenvalue weighted by atomic mass is 10.1. The Morgan fingerprint density at radius 3 is 3.06 bits per heavy atom. The number of aryl methyl sites for hydroxylation is 1. The van der Waals surface area contributed by atoms with Gasteiger partial charge < -0.3 is 11.1 Å². The number of nitrogens with two attached hydrogens (primary N) is 1. The highest BCUT2D eigenvalue weighted by atomic mass is 32.2. The van der Waals surface area contributed by atoms with Crippen LogP contribution in [0.1, 0.15) is 12.1 Å². The molecule has 3 N–H and O–H groups in total. The summed E-state index contributed by atoms with van der Waals surface area (Å²) in [6.07, 6.45) is 3.11. The van der Waals surface area contributed by atoms with Gasteiger partial charge in [-0.3, -0.25) is 4.98 Å². The maximum Gasteiger partial charge on any atom is 0.0425 e. The summed E-state index contributed by atoms with van der Waals surface area (Å²) in [4.78, 5) is 4.33. The number of nitrogen functional groups attached to an aromatic ring is 1. The third-order valence-corrected chi connectivity index (χ3v) is 4.52. The summed E-state index contributed by atoms with van der Waals surface area (Å²) in [7, 11) is 0. The minimum atomic E-state index is 0.579. The number of aromatic nitrogens is 1. The number of thioether (sulfide) groups is 1. The zero-order valence-corrected chi connectivity index (χ0v) is 11.3. The average molecular weight is 259 g/mol. The molecule has 4 heteroatoms. The smallest absolute Gasteiger partial charge is 0.0425 e. The molecule has 0 spiro atoms. The van der Waals surface area contributed by atoms with Crippen molar-refractivity contribution in [2.45, 2.75) is 19.4 Å². The van der Waals surface area contributed by atoms with Crippen molar-refractivity contribution < 1.29 is 0 Å². The molecule has 1 atom stereocenters. The second-order valence-corrected chi connectivity index (χ2v) is 5.93. The van der Waals surface area contributed by atoms with Gasteiger partial charge in [-0.25, -0.2) is 0 Å². The summed E-state index contributed by atoms with van der Waals surface area (Å²) in [5.41, 5.74) is 9.01. The van der Waals surface area contributed by atoms with E-state index < -0.39 is 0 Å². The normalized spacial score (nSPS) is 19.3. The van der Waals surface area contributed by atoms with Crippen molar-refractivity contribution in [3.05, 3.63) is 30.1 Å². The highest BCUT2D eigenvalue weighted by Gasteiger charge is 2.16. The molecule has 0 amide bonds. The average Bonchev–Trinajstić information content (AvgIpc) is 2.86. The van der Waals surface area contributed by atoms with Crippen molar-refractivity contribution in [3.8, 4) is 0 Å². The monoisotopic (exact) mass is 259 g/mol. The number of benzene rings is 1. The molecule has 2 heterocycles. The van der Waals surface area contributed by atoms with Gasteiger partial charge in [-0.05, 0) is 37.3 Å². The van der Waals surface area contributed by atoms with E-state index in [4.69, 9.17) is 5.73 Å². The molecular weight excluding hydrogens is 242 g/mol. The molecule has 0 radical (unpaired) electrons. The molecule has 1 aromatic heterocycles. The summed E-state index contributed by atoms with van der Waals surface area (Å²) in [5.74, 6) is 2.45. The largest absolute Gasteiger partial charge is 0.398 e. The van der Waals surface area contributed by atoms with E-state index in [0.29, 0.717) is 6.04 Å². The van der Waals surface area contributed by atoms with Crippen LogP contribution >= 0.6 is 11.8 Å². The van der Waals surface area contributed by atoms with Crippen LogP contribution in [0.15, 0.2) is 24.4 Å². The Morgan fingerprint density at radius 1 is 1.39 bits per heavy atom. The van der Waals surface area contributed by atoms with E-state index in [2.05, 4.69) is 22.4 Å². The number of nitrogens with one attached hydrogen (secondary N) is 1. The Hall–Kier alpha value is -1.42. The quantitative estimate of drug-likeness (QED) is 0.814. The molecule has 1 aliphatic rings. The van der Waals surface area contributed by atoms with Gasteiger partial charge in [0.15, 0.2) is 0 Å². The first-order valence-corrected chi connectivity index (χ1v) is 7.38. The second-order valence-electron chi connectivity index (χ2n) is 4.78. The van der Waals surface area contributed by atoms with Gasteiger partial charge in [0.2, 0.25) is 0 Å². The number of pyridine rings is 1. The Morgan fingerprint density at radius 2 is 2.28 bits per heavy atom. The maximum absolute atomic E-state index is 6.01. The van der Waals surface area contributed by atoms with Crippen LogP contribution in [0.5, 0.6) is 0 Å². The lowest BCUT2D eigenvalue weighted by Crippen LogP contribution is -2.18. The fourth-order valence-electron chi connectivity index (χ4n) is 2.36. The lowest BCUT2D eigenvalue weighted by molar-refractivity contribution is 0.814. The highest BCUT2D eigenvalue weighted by molar-refractivity contribution is 7.99. The molecular formula is C14H17N3S. The van der Waals surface area contributed by atoms with Gasteiger partial charge in [0.25, 0.3) is 0 Å². The number of hydrogen-bond donors (Lipinski definition) is 2. The zero-order chi connectivity index (χ0) is 12.5. The molecule has 2 aromatic rings. The van der Waals surface area contributed by atoms with Crippen molar-refractivity contribution in [1.82, 2.24) is 4.98 Å². The van der Waals surface area contributed by atoms with E-state index in [-0.39, 0.29) is 0 Å². The first kappa shape index (κ1) is 11.7. The number of nitrogens with zero attached hydrogens (tertiary/aromatic N) is 1. The van der Waals surface area contributed by atoms with Crippen LogP contribution in [0, 0.1) is 6.92 Å². The van der Waals surface area contributed by atoms with Crippen LogP contribution in [0.25, 0.3) is 10.8 Å². The molecule has 0 bridgehead atoms. The molecule has 1 unspecified atom stereocenters. The van der Waals surface area contributed by atoms with Gasteiger partial charge in [-0.2, -0.15) is 11.8 Å². The standard InChI is InChI=1S/C14H17N3S/c1-9-6-11-12(7-16-9)13(15)2-3-14(11)17-10-4-5-18-8-10/h2-3,6-7,10,17H,4-5,8,15H2,1H3. The molecule has 0 saturated carbocycles. The summed E-state index contributed by atoms with van der Waals surface area (Å²) in [5, 5.41) is 5.85. The van der Waals surface area contributed by atoms with Crippen LogP contribution in [-0.4, -0.2) is 22.5 Å². The molecule has 3 nitrogen and oxygen atoms in total. The fourth-order valence-corrected chi connectivity index (χ4v) is 3.51. The Labute approximate surface area is 111 Å². The molecule has 3 rings (SSSR count). The first-order chi connectivity index (χ1) is 8.74. The van der Waals surface area contributed by atoms with Crippen LogP contribution < -0.4 is 11.1 Å². The number of fused-ring (bicyclic) bond motifs is 1. The number of hydrogen-bond acceptors (Lipinski definition) is 4. The van der Waals surface area contributed by atoms with Crippen LogP contribution in [0.3, 0.4) is 0 Å². The first-order valence-electron chi connectivity index (χ1n) is 6.23. The Balaban J connectivity index is 2.05. The topological polar surface area (TPSA) is 50.9 Å². The molecule has 1 aliphatic heterocycles. The summed E-state index contributed by atoms with van der Waals surface area (Å²) < 4.78 is 0. The third kappa shape index (κ3) is 2.12. The van der Waals surface area contributed by atoms with Crippen molar-refractivity contribution in [2.75, 3.05) is 22.6 Å². The zero-order valence-electron chi connectivity index (χ0n) is 10.4. The summed E-state index contributed by atoms with van der Waals surface area (Å²) in [6.45, 7) is 2.01. The van der Waals surface area contributed by atoms with Gasteiger partial charge in [-0.1, -0.05) is 0 Å². The van der Waals surface area contributed by atoms with Crippen molar-refractivity contribution in [3.63, 3.8) is 0 Å². The van der Waals surface area contributed by atoms with E-state index in [0.717, 1.165) is 16.8 Å². The minimum Gasteiger partial charge on any atom is -0.398 e. The van der Waals surface area contributed by atoms with Gasteiger partial charge in [-0.15, -0.1) is 0 Å². The summed E-state index contributed by atoms with van der Waals surface area (Å²) in [6, 6.07) is 6.73. The fraction of sp³-hybridized carbons (Fsp3) is 0.357. The Kier molecular flexibility index (Phi) is 3.04. The van der Waals surface area contributed by atoms with Crippen molar-refractivity contribution in [1.29, 1.82) is 0 Å². The number of rotatable bonds is 2. The van der Waals surface area contributed by atoms with Crippen molar-refractivity contribution in [2.24, 2.45) is 0 Å². The predicted octanol–water partition coefficient (Wildman–Crippen LogP) is 3.04. The summed E-state index contributed by atoms with van der Waals surface area (Å²) >= 11 is 2.01. The molecule has 1 aromatic carbocycles. The van der Waals surface area contributed by atoms with Gasteiger partial charge in [0.05, 0.1) is 0 Å². The highest BCUT2D eigenvalue weighted by Crippen LogP contribution is 2.30. The van der Waals surface area contributed by atoms with Crippen LogP contribution in [-0.2, 0) is 0 Å². The lowest BCUT2D eigenvalue weighted by Gasteiger charge is -2.16. The van der Waals surface area contributed by atoms with Crippen molar-refractivity contribution >= 4 is 33.9 Å².